The number of esters is 1. The molecule has 0 aliphatic heterocycles. The summed E-state index contributed by atoms with van der Waals surface area (Å²) in [4.78, 5) is 27.7. The molecule has 0 aliphatic carbocycles. The summed E-state index contributed by atoms with van der Waals surface area (Å²) in [7, 11) is 1.31. The molecular weight excluding hydrogens is 312 g/mol. The van der Waals surface area contributed by atoms with Gasteiger partial charge in [-0.3, -0.25) is 4.79 Å². The highest BCUT2D eigenvalue weighted by Crippen LogP contribution is 2.11. The molecule has 104 valence electrons. The first-order chi connectivity index (χ1) is 8.99. The zero-order valence-electron chi connectivity index (χ0n) is 11.1. The summed E-state index contributed by atoms with van der Waals surface area (Å²) in [5.74, 6) is -0.838. The van der Waals surface area contributed by atoms with E-state index in [1.54, 1.807) is 12.1 Å². The van der Waals surface area contributed by atoms with Gasteiger partial charge in [-0.15, -0.1) is 0 Å². The molecule has 6 heteroatoms. The molecule has 0 spiro atoms. The number of rotatable bonds is 5. The van der Waals surface area contributed by atoms with E-state index in [-0.39, 0.29) is 17.5 Å². The summed E-state index contributed by atoms with van der Waals surface area (Å²) >= 11 is 3.25. The van der Waals surface area contributed by atoms with Crippen molar-refractivity contribution in [1.82, 2.24) is 10.3 Å². The van der Waals surface area contributed by atoms with Crippen LogP contribution in [0.4, 0.5) is 0 Å². The normalized spacial score (nSPS) is 13.5. The Balaban J connectivity index is 2.81. The smallest absolute Gasteiger partial charge is 0.328 e. The lowest BCUT2D eigenvalue weighted by atomic mass is 9.99. The number of methoxy groups -OCH3 is 1. The maximum Gasteiger partial charge on any atom is 0.328 e. The number of ether oxygens (including phenoxy) is 1. The number of halogens is 1. The van der Waals surface area contributed by atoms with Gasteiger partial charge in [0.15, 0.2) is 0 Å². The summed E-state index contributed by atoms with van der Waals surface area (Å²) in [6, 6.07) is 2.65. The van der Waals surface area contributed by atoms with Crippen LogP contribution >= 0.6 is 15.9 Å². The van der Waals surface area contributed by atoms with Crippen molar-refractivity contribution >= 4 is 27.8 Å². The predicted octanol–water partition coefficient (Wildman–Crippen LogP) is 2.16. The van der Waals surface area contributed by atoms with Crippen LogP contribution in [0.2, 0.25) is 0 Å². The van der Waals surface area contributed by atoms with Gasteiger partial charge in [-0.25, -0.2) is 9.78 Å². The molecule has 1 heterocycles. The van der Waals surface area contributed by atoms with Crippen molar-refractivity contribution < 1.29 is 14.3 Å². The second-order valence-electron chi connectivity index (χ2n) is 4.22. The van der Waals surface area contributed by atoms with Gasteiger partial charge in [-0.05, 0) is 34.0 Å². The van der Waals surface area contributed by atoms with Gasteiger partial charge in [0.2, 0.25) is 0 Å². The van der Waals surface area contributed by atoms with Crippen LogP contribution in [-0.2, 0) is 9.53 Å². The third-order valence-corrected chi connectivity index (χ3v) is 3.38. The van der Waals surface area contributed by atoms with Gasteiger partial charge in [0.1, 0.15) is 11.7 Å². The Morgan fingerprint density at radius 2 is 2.16 bits per heavy atom. The molecule has 1 rings (SSSR count). The molecular formula is C13H17BrN2O3. The minimum atomic E-state index is -0.659. The Kier molecular flexibility index (Phi) is 5.95. The van der Waals surface area contributed by atoms with Crippen molar-refractivity contribution in [2.24, 2.45) is 5.92 Å². The van der Waals surface area contributed by atoms with Crippen LogP contribution in [0.3, 0.4) is 0 Å². The fraction of sp³-hybridized carbons (Fsp3) is 0.462. The standard InChI is InChI=1S/C13H17BrN2O3/c1-4-8(2)11(13(18)19-3)16-12(17)10-6-5-9(14)7-15-10/h5-8,11H,4H2,1-3H3,(H,16,17). The molecule has 19 heavy (non-hydrogen) atoms. The Labute approximate surface area is 120 Å². The average Bonchev–Trinajstić information content (AvgIpc) is 2.43. The SMILES string of the molecule is CCC(C)C(NC(=O)c1ccc(Br)cn1)C(=O)OC. The molecule has 0 radical (unpaired) electrons. The fourth-order valence-corrected chi connectivity index (χ4v) is 1.76. The lowest BCUT2D eigenvalue weighted by Gasteiger charge is -2.21. The highest BCUT2D eigenvalue weighted by molar-refractivity contribution is 9.10. The molecule has 0 saturated carbocycles. The molecule has 5 nitrogen and oxygen atoms in total. The van der Waals surface area contributed by atoms with E-state index in [0.717, 1.165) is 10.9 Å². The summed E-state index contributed by atoms with van der Waals surface area (Å²) in [6.45, 7) is 3.83. The number of carbonyl (C=O) groups excluding carboxylic acids is 2. The van der Waals surface area contributed by atoms with Gasteiger partial charge in [0, 0.05) is 10.7 Å². The molecule has 0 aromatic carbocycles. The van der Waals surface area contributed by atoms with Crippen LogP contribution in [0.5, 0.6) is 0 Å². The third-order valence-electron chi connectivity index (χ3n) is 2.91. The van der Waals surface area contributed by atoms with Crippen LogP contribution in [0.25, 0.3) is 0 Å². The quantitative estimate of drug-likeness (QED) is 0.841. The van der Waals surface area contributed by atoms with E-state index in [9.17, 15) is 9.59 Å². The predicted molar refractivity (Wildman–Crippen MR) is 74.7 cm³/mol. The number of hydrogen-bond donors (Lipinski definition) is 1. The molecule has 1 amide bonds. The minimum Gasteiger partial charge on any atom is -0.467 e. The van der Waals surface area contributed by atoms with Crippen LogP contribution in [-0.4, -0.2) is 30.0 Å². The van der Waals surface area contributed by atoms with Gasteiger partial charge in [-0.2, -0.15) is 0 Å². The van der Waals surface area contributed by atoms with E-state index in [1.807, 2.05) is 13.8 Å². The average molecular weight is 329 g/mol. The first-order valence-corrected chi connectivity index (χ1v) is 6.79. The van der Waals surface area contributed by atoms with Crippen LogP contribution < -0.4 is 5.32 Å². The molecule has 2 unspecified atom stereocenters. The van der Waals surface area contributed by atoms with Gasteiger partial charge >= 0.3 is 5.97 Å². The number of pyridine rings is 1. The summed E-state index contributed by atoms with van der Waals surface area (Å²) < 4.78 is 5.50. The summed E-state index contributed by atoms with van der Waals surface area (Å²) in [5.41, 5.74) is 0.264. The second kappa shape index (κ2) is 7.23. The Morgan fingerprint density at radius 1 is 1.47 bits per heavy atom. The van der Waals surface area contributed by atoms with E-state index in [4.69, 9.17) is 4.74 Å². The number of nitrogens with zero attached hydrogens (tertiary/aromatic N) is 1. The Morgan fingerprint density at radius 3 is 2.63 bits per heavy atom. The zero-order valence-corrected chi connectivity index (χ0v) is 12.7. The van der Waals surface area contributed by atoms with Gasteiger partial charge in [0.25, 0.3) is 5.91 Å². The minimum absolute atomic E-state index is 0.00755. The lowest BCUT2D eigenvalue weighted by Crippen LogP contribution is -2.45. The van der Waals surface area contributed by atoms with Crippen molar-refractivity contribution in [3.63, 3.8) is 0 Å². The van der Waals surface area contributed by atoms with Crippen LogP contribution in [0.1, 0.15) is 30.8 Å². The van der Waals surface area contributed by atoms with Gasteiger partial charge in [-0.1, -0.05) is 20.3 Å². The number of carbonyl (C=O) groups is 2. The second-order valence-corrected chi connectivity index (χ2v) is 5.14. The number of aromatic nitrogens is 1. The van der Waals surface area contributed by atoms with E-state index in [2.05, 4.69) is 26.2 Å². The lowest BCUT2D eigenvalue weighted by molar-refractivity contribution is -0.144. The van der Waals surface area contributed by atoms with E-state index >= 15 is 0 Å². The van der Waals surface area contributed by atoms with E-state index in [1.165, 1.54) is 13.3 Å². The zero-order chi connectivity index (χ0) is 14.4. The highest BCUT2D eigenvalue weighted by atomic mass is 79.9. The number of amides is 1. The van der Waals surface area contributed by atoms with Crippen LogP contribution in [0.15, 0.2) is 22.8 Å². The molecule has 2 atom stereocenters. The largest absolute Gasteiger partial charge is 0.467 e. The van der Waals surface area contributed by atoms with Crippen LogP contribution in [0, 0.1) is 5.92 Å². The third kappa shape index (κ3) is 4.31. The molecule has 0 aliphatic rings. The Bertz CT molecular complexity index is 448. The first-order valence-electron chi connectivity index (χ1n) is 5.99. The van der Waals surface area contributed by atoms with Crippen molar-refractivity contribution in [1.29, 1.82) is 0 Å². The fourth-order valence-electron chi connectivity index (χ4n) is 1.52. The van der Waals surface area contributed by atoms with E-state index in [0.29, 0.717) is 0 Å². The molecule has 1 aromatic rings. The molecule has 1 aromatic heterocycles. The highest BCUT2D eigenvalue weighted by Gasteiger charge is 2.27. The van der Waals surface area contributed by atoms with Crippen molar-refractivity contribution in [3.05, 3.63) is 28.5 Å². The summed E-state index contributed by atoms with van der Waals surface area (Å²) in [6.07, 6.45) is 2.29. The van der Waals surface area contributed by atoms with Crippen molar-refractivity contribution in [3.8, 4) is 0 Å². The molecule has 0 fully saturated rings. The molecule has 0 bridgehead atoms. The Hall–Kier alpha value is -1.43. The maximum atomic E-state index is 12.0. The van der Waals surface area contributed by atoms with Crippen molar-refractivity contribution in [2.75, 3.05) is 7.11 Å². The first kappa shape index (κ1) is 15.6. The topological polar surface area (TPSA) is 68.3 Å². The monoisotopic (exact) mass is 328 g/mol. The maximum absolute atomic E-state index is 12.0. The summed E-state index contributed by atoms with van der Waals surface area (Å²) in [5, 5.41) is 2.66. The number of hydrogen-bond acceptors (Lipinski definition) is 4. The van der Waals surface area contributed by atoms with Gasteiger partial charge < -0.3 is 10.1 Å². The van der Waals surface area contributed by atoms with Crippen molar-refractivity contribution in [2.45, 2.75) is 26.3 Å². The molecule has 0 saturated heterocycles. The van der Waals surface area contributed by atoms with Gasteiger partial charge in [0.05, 0.1) is 7.11 Å². The van der Waals surface area contributed by atoms with E-state index < -0.39 is 12.0 Å². The number of nitrogens with one attached hydrogen (secondary N) is 1. The molecule has 1 N–H and O–H groups in total.